The SMILES string of the molecule is COCCN=C(NCCOC)c1ccc(Nc2ncnc3nc[nH]c23)cc1.Cl. The molecule has 0 bridgehead atoms. The van der Waals surface area contributed by atoms with E-state index in [9.17, 15) is 0 Å². The van der Waals surface area contributed by atoms with E-state index in [1.807, 2.05) is 24.3 Å². The highest BCUT2D eigenvalue weighted by molar-refractivity contribution is 5.99. The number of rotatable bonds is 9. The summed E-state index contributed by atoms with van der Waals surface area (Å²) in [6.45, 7) is 2.45. The van der Waals surface area contributed by atoms with Gasteiger partial charge >= 0.3 is 0 Å². The summed E-state index contributed by atoms with van der Waals surface area (Å²) in [5, 5.41) is 6.58. The van der Waals surface area contributed by atoms with E-state index in [0.717, 1.165) is 22.6 Å². The Bertz CT molecular complexity index is 883. The summed E-state index contributed by atoms with van der Waals surface area (Å²) in [7, 11) is 3.34. The van der Waals surface area contributed by atoms with Crippen LogP contribution in [-0.2, 0) is 9.47 Å². The maximum atomic E-state index is 5.10. The highest BCUT2D eigenvalue weighted by Gasteiger charge is 2.07. The zero-order valence-electron chi connectivity index (χ0n) is 15.8. The van der Waals surface area contributed by atoms with Crippen LogP contribution in [0.5, 0.6) is 0 Å². The number of aliphatic imine (C=N–C) groups is 1. The minimum absolute atomic E-state index is 0. The number of imidazole rings is 1. The molecule has 0 aliphatic rings. The molecule has 3 rings (SSSR count). The molecule has 0 radical (unpaired) electrons. The second kappa shape index (κ2) is 11.2. The first kappa shape index (κ1) is 21.5. The van der Waals surface area contributed by atoms with E-state index < -0.39 is 0 Å². The lowest BCUT2D eigenvalue weighted by molar-refractivity contribution is 0.203. The quantitative estimate of drug-likeness (QED) is 0.284. The summed E-state index contributed by atoms with van der Waals surface area (Å²) in [6.07, 6.45) is 3.09. The van der Waals surface area contributed by atoms with Crippen molar-refractivity contribution in [1.29, 1.82) is 0 Å². The number of hydrogen-bond acceptors (Lipinski definition) is 7. The molecule has 1 aromatic carbocycles. The van der Waals surface area contributed by atoms with Crippen LogP contribution in [0.3, 0.4) is 0 Å². The molecule has 2 aromatic heterocycles. The van der Waals surface area contributed by atoms with E-state index in [0.29, 0.717) is 37.8 Å². The zero-order chi connectivity index (χ0) is 18.9. The Labute approximate surface area is 169 Å². The van der Waals surface area contributed by atoms with Gasteiger partial charge in [-0.3, -0.25) is 4.99 Å². The molecule has 2 heterocycles. The summed E-state index contributed by atoms with van der Waals surface area (Å²) < 4.78 is 10.2. The second-order valence-electron chi connectivity index (χ2n) is 5.67. The fourth-order valence-electron chi connectivity index (χ4n) is 2.48. The average Bonchev–Trinajstić information content (AvgIpc) is 3.18. The van der Waals surface area contributed by atoms with Crippen LogP contribution in [0.25, 0.3) is 11.2 Å². The first-order chi connectivity index (χ1) is 13.3. The Morgan fingerprint density at radius 2 is 1.86 bits per heavy atom. The van der Waals surface area contributed by atoms with E-state index in [2.05, 4.69) is 35.6 Å². The molecule has 10 heteroatoms. The van der Waals surface area contributed by atoms with Gasteiger partial charge in [-0.25, -0.2) is 15.0 Å². The first-order valence-electron chi connectivity index (χ1n) is 8.59. The van der Waals surface area contributed by atoms with Crippen LogP contribution in [0.1, 0.15) is 5.56 Å². The van der Waals surface area contributed by atoms with Gasteiger partial charge in [0.2, 0.25) is 0 Å². The number of anilines is 2. The highest BCUT2D eigenvalue weighted by Crippen LogP contribution is 2.20. The Morgan fingerprint density at radius 3 is 2.61 bits per heavy atom. The number of benzene rings is 1. The maximum absolute atomic E-state index is 5.10. The monoisotopic (exact) mass is 405 g/mol. The van der Waals surface area contributed by atoms with E-state index in [1.54, 1.807) is 20.5 Å². The Hall–Kier alpha value is -2.75. The summed E-state index contributed by atoms with van der Waals surface area (Å²) in [6, 6.07) is 7.95. The van der Waals surface area contributed by atoms with Gasteiger partial charge in [0, 0.05) is 32.0 Å². The topological polar surface area (TPSA) is 109 Å². The molecule has 9 nitrogen and oxygen atoms in total. The van der Waals surface area contributed by atoms with Crippen molar-refractivity contribution in [2.24, 2.45) is 4.99 Å². The molecule has 3 aromatic rings. The lowest BCUT2D eigenvalue weighted by Gasteiger charge is -2.12. The summed E-state index contributed by atoms with van der Waals surface area (Å²) in [4.78, 5) is 20.1. The number of hydrogen-bond donors (Lipinski definition) is 3. The normalized spacial score (nSPS) is 11.3. The van der Waals surface area contributed by atoms with Gasteiger partial charge in [0.25, 0.3) is 0 Å². The minimum Gasteiger partial charge on any atom is -0.383 e. The van der Waals surface area contributed by atoms with E-state index in [4.69, 9.17) is 9.47 Å². The first-order valence-corrected chi connectivity index (χ1v) is 8.59. The number of ether oxygens (including phenoxy) is 2. The van der Waals surface area contributed by atoms with Gasteiger partial charge in [-0.05, 0) is 24.3 Å². The van der Waals surface area contributed by atoms with E-state index in [-0.39, 0.29) is 12.4 Å². The molecular weight excluding hydrogens is 382 g/mol. The summed E-state index contributed by atoms with van der Waals surface area (Å²) in [5.41, 5.74) is 3.28. The molecule has 150 valence electrons. The van der Waals surface area contributed by atoms with Crippen molar-refractivity contribution in [3.8, 4) is 0 Å². The van der Waals surface area contributed by atoms with Crippen LogP contribution in [0.15, 0.2) is 41.9 Å². The number of halogens is 1. The van der Waals surface area contributed by atoms with Crippen molar-refractivity contribution in [2.45, 2.75) is 0 Å². The third-order valence-electron chi connectivity index (χ3n) is 3.81. The Kier molecular flexibility index (Phi) is 8.60. The van der Waals surface area contributed by atoms with Crippen LogP contribution in [0.4, 0.5) is 11.5 Å². The van der Waals surface area contributed by atoms with Gasteiger partial charge in [-0.2, -0.15) is 0 Å². The number of amidine groups is 1. The fraction of sp³-hybridized carbons (Fsp3) is 0.333. The average molecular weight is 406 g/mol. The minimum atomic E-state index is 0. The third kappa shape index (κ3) is 5.62. The lowest BCUT2D eigenvalue weighted by Crippen LogP contribution is -2.28. The number of aromatic amines is 1. The summed E-state index contributed by atoms with van der Waals surface area (Å²) >= 11 is 0. The van der Waals surface area contributed by atoms with Crippen LogP contribution >= 0.6 is 12.4 Å². The number of H-pyrrole nitrogens is 1. The molecule has 0 spiro atoms. The predicted molar refractivity (Wildman–Crippen MR) is 112 cm³/mol. The molecule has 0 amide bonds. The van der Waals surface area contributed by atoms with Gasteiger partial charge in [0.15, 0.2) is 11.5 Å². The number of fused-ring (bicyclic) bond motifs is 1. The predicted octanol–water partition coefficient (Wildman–Crippen LogP) is 2.15. The van der Waals surface area contributed by atoms with Crippen LogP contribution in [0, 0.1) is 0 Å². The molecule has 0 fully saturated rings. The molecule has 0 atom stereocenters. The van der Waals surface area contributed by atoms with Crippen LogP contribution < -0.4 is 10.6 Å². The van der Waals surface area contributed by atoms with Crippen molar-refractivity contribution >= 4 is 40.9 Å². The second-order valence-corrected chi connectivity index (χ2v) is 5.67. The van der Waals surface area contributed by atoms with Gasteiger partial charge in [-0.15, -0.1) is 12.4 Å². The van der Waals surface area contributed by atoms with Crippen molar-refractivity contribution in [3.63, 3.8) is 0 Å². The molecule has 28 heavy (non-hydrogen) atoms. The third-order valence-corrected chi connectivity index (χ3v) is 3.81. The zero-order valence-corrected chi connectivity index (χ0v) is 16.6. The highest BCUT2D eigenvalue weighted by atomic mass is 35.5. The Morgan fingerprint density at radius 1 is 1.07 bits per heavy atom. The molecule has 3 N–H and O–H groups in total. The number of aromatic nitrogens is 4. The number of nitrogens with one attached hydrogen (secondary N) is 3. The molecular formula is C18H24ClN7O2. The standard InChI is InChI=1S/C18H23N7O2.ClH/c1-26-9-7-19-16(20-8-10-27-2)13-3-5-14(6-4-13)25-18-15-17(22-11-21-15)23-12-24-18;/h3-6,11-12H,7-10H2,1-2H3,(H,19,20)(H2,21,22,23,24,25);1H. The van der Waals surface area contributed by atoms with Gasteiger partial charge in [0.1, 0.15) is 17.7 Å². The van der Waals surface area contributed by atoms with Crippen LogP contribution in [0.2, 0.25) is 0 Å². The van der Waals surface area contributed by atoms with Crippen molar-refractivity contribution in [2.75, 3.05) is 45.8 Å². The lowest BCUT2D eigenvalue weighted by atomic mass is 10.2. The molecule has 0 aliphatic heterocycles. The summed E-state index contributed by atoms with van der Waals surface area (Å²) in [5.74, 6) is 1.49. The smallest absolute Gasteiger partial charge is 0.182 e. The fourth-order valence-corrected chi connectivity index (χ4v) is 2.48. The van der Waals surface area contributed by atoms with Crippen molar-refractivity contribution in [1.82, 2.24) is 25.3 Å². The number of nitrogens with zero attached hydrogens (tertiary/aromatic N) is 4. The van der Waals surface area contributed by atoms with Gasteiger partial charge in [0.05, 0.1) is 26.1 Å². The largest absolute Gasteiger partial charge is 0.383 e. The van der Waals surface area contributed by atoms with Gasteiger partial charge in [-0.1, -0.05) is 0 Å². The number of methoxy groups -OCH3 is 2. The molecule has 0 saturated heterocycles. The maximum Gasteiger partial charge on any atom is 0.182 e. The van der Waals surface area contributed by atoms with Gasteiger partial charge < -0.3 is 25.1 Å². The Balaban J connectivity index is 0.00000280. The van der Waals surface area contributed by atoms with Crippen LogP contribution in [-0.4, -0.2) is 66.3 Å². The van der Waals surface area contributed by atoms with Crippen molar-refractivity contribution in [3.05, 3.63) is 42.5 Å². The van der Waals surface area contributed by atoms with Crippen molar-refractivity contribution < 1.29 is 9.47 Å². The molecule has 0 saturated carbocycles. The van der Waals surface area contributed by atoms with E-state index in [1.165, 1.54) is 6.33 Å². The van der Waals surface area contributed by atoms with E-state index >= 15 is 0 Å². The molecule has 0 aliphatic carbocycles. The molecule has 0 unspecified atom stereocenters.